The molecule has 1 aliphatic heterocycles. The summed E-state index contributed by atoms with van der Waals surface area (Å²) < 4.78 is 16.9. The van der Waals surface area contributed by atoms with E-state index in [0.717, 1.165) is 43.8 Å². The smallest absolute Gasteiger partial charge is 0.0873 e. The number of rotatable bonds is 6. The van der Waals surface area contributed by atoms with Crippen LogP contribution >= 0.6 is 0 Å². The van der Waals surface area contributed by atoms with Crippen molar-refractivity contribution in [2.45, 2.75) is 46.5 Å². The van der Waals surface area contributed by atoms with Gasteiger partial charge >= 0.3 is 0 Å². The first-order valence-corrected chi connectivity index (χ1v) is 7.67. The fourth-order valence-corrected chi connectivity index (χ4v) is 4.21. The van der Waals surface area contributed by atoms with Gasteiger partial charge < -0.3 is 4.74 Å². The van der Waals surface area contributed by atoms with Crippen molar-refractivity contribution < 1.29 is 8.95 Å². The molecule has 94 valence electrons. The van der Waals surface area contributed by atoms with Crippen LogP contribution in [-0.4, -0.2) is 22.3 Å². The Morgan fingerprint density at radius 2 is 2.25 bits per heavy atom. The number of ether oxygens (including phenoxy) is 1. The molecule has 2 atom stereocenters. The van der Waals surface area contributed by atoms with Gasteiger partial charge in [0.15, 0.2) is 0 Å². The van der Waals surface area contributed by atoms with Crippen molar-refractivity contribution in [1.29, 1.82) is 0 Å². The minimum atomic E-state index is -0.559. The largest absolute Gasteiger partial charge is 0.501 e. The molecular formula is C13H24O2S. The number of allylic oxidation sites excluding steroid dienone is 1. The lowest BCUT2D eigenvalue weighted by molar-refractivity contribution is 0.203. The average molecular weight is 244 g/mol. The summed E-state index contributed by atoms with van der Waals surface area (Å²) >= 11 is 0. The molecule has 2 nitrogen and oxygen atoms in total. The third kappa shape index (κ3) is 4.28. The Balaban J connectivity index is 2.25. The molecule has 0 spiro atoms. The third-order valence-corrected chi connectivity index (χ3v) is 4.96. The van der Waals surface area contributed by atoms with Crippen molar-refractivity contribution in [3.8, 4) is 0 Å². The van der Waals surface area contributed by atoms with E-state index in [9.17, 15) is 4.21 Å². The molecule has 0 radical (unpaired) electrons. The van der Waals surface area contributed by atoms with Crippen LogP contribution < -0.4 is 0 Å². The molecule has 0 aromatic heterocycles. The van der Waals surface area contributed by atoms with Crippen molar-refractivity contribution >= 4 is 10.8 Å². The monoisotopic (exact) mass is 244 g/mol. The Morgan fingerprint density at radius 1 is 1.50 bits per heavy atom. The Bertz CT molecular complexity index is 269. The highest BCUT2D eigenvalue weighted by Gasteiger charge is 2.35. The minimum absolute atomic E-state index is 0.346. The Kier molecular flexibility index (Phi) is 5.53. The Labute approximate surface area is 102 Å². The molecule has 1 aliphatic rings. The van der Waals surface area contributed by atoms with E-state index < -0.39 is 10.8 Å². The van der Waals surface area contributed by atoms with Crippen molar-refractivity contribution in [2.24, 2.45) is 5.41 Å². The summed E-state index contributed by atoms with van der Waals surface area (Å²) in [5.41, 5.74) is 1.55. The molecule has 3 heteroatoms. The first kappa shape index (κ1) is 13.8. The first-order chi connectivity index (χ1) is 7.58. The van der Waals surface area contributed by atoms with E-state index in [4.69, 9.17) is 4.74 Å². The molecular weight excluding hydrogens is 220 g/mol. The molecule has 0 N–H and O–H groups in total. The van der Waals surface area contributed by atoms with Gasteiger partial charge in [0.05, 0.1) is 12.9 Å². The fourth-order valence-electron chi connectivity index (χ4n) is 2.23. The highest BCUT2D eigenvalue weighted by Crippen LogP contribution is 2.38. The van der Waals surface area contributed by atoms with Gasteiger partial charge in [-0.2, -0.15) is 0 Å². The van der Waals surface area contributed by atoms with Crippen LogP contribution in [-0.2, 0) is 15.5 Å². The maximum atomic E-state index is 11.5. The van der Waals surface area contributed by atoms with E-state index in [0.29, 0.717) is 5.41 Å². The number of hydrogen-bond acceptors (Lipinski definition) is 2. The lowest BCUT2D eigenvalue weighted by atomic mass is 9.80. The normalized spacial score (nSPS) is 29.1. The van der Waals surface area contributed by atoms with Crippen LogP contribution in [0.3, 0.4) is 0 Å². The topological polar surface area (TPSA) is 26.3 Å². The summed E-state index contributed by atoms with van der Waals surface area (Å²) in [4.78, 5) is 0. The van der Waals surface area contributed by atoms with Gasteiger partial charge in [0.25, 0.3) is 0 Å². The molecule has 1 fully saturated rings. The van der Waals surface area contributed by atoms with Gasteiger partial charge in [0.2, 0.25) is 0 Å². The van der Waals surface area contributed by atoms with E-state index in [-0.39, 0.29) is 0 Å². The van der Waals surface area contributed by atoms with Crippen LogP contribution in [0.25, 0.3) is 0 Å². The molecule has 1 rings (SSSR count). The first-order valence-electron chi connectivity index (χ1n) is 6.18. The zero-order valence-corrected chi connectivity index (χ0v) is 11.6. The standard InChI is InChI=1S/C13H24O2S/c1-4-13(7-9-16(14)11-13)6-5-8-15-10-12(2)3/h10H,4-9,11H2,1-3H3. The lowest BCUT2D eigenvalue weighted by Crippen LogP contribution is -2.20. The Morgan fingerprint density at radius 3 is 2.75 bits per heavy atom. The highest BCUT2D eigenvalue weighted by molar-refractivity contribution is 7.85. The van der Waals surface area contributed by atoms with Crippen molar-refractivity contribution in [2.75, 3.05) is 18.1 Å². The maximum Gasteiger partial charge on any atom is 0.0873 e. The summed E-state index contributed by atoms with van der Waals surface area (Å²) in [7, 11) is -0.559. The lowest BCUT2D eigenvalue weighted by Gasteiger charge is -2.25. The summed E-state index contributed by atoms with van der Waals surface area (Å²) in [5, 5.41) is 0. The molecule has 2 unspecified atom stereocenters. The quantitative estimate of drug-likeness (QED) is 0.529. The highest BCUT2D eigenvalue weighted by atomic mass is 32.2. The minimum Gasteiger partial charge on any atom is -0.501 e. The predicted octanol–water partition coefficient (Wildman–Crippen LogP) is 3.26. The van der Waals surface area contributed by atoms with Gasteiger partial charge in [0.1, 0.15) is 0 Å². The molecule has 1 heterocycles. The van der Waals surface area contributed by atoms with E-state index in [1.54, 1.807) is 0 Å². The van der Waals surface area contributed by atoms with E-state index >= 15 is 0 Å². The van der Waals surface area contributed by atoms with Crippen molar-refractivity contribution in [3.63, 3.8) is 0 Å². The Hall–Kier alpha value is -0.310. The fraction of sp³-hybridized carbons (Fsp3) is 0.846. The van der Waals surface area contributed by atoms with E-state index in [2.05, 4.69) is 6.92 Å². The van der Waals surface area contributed by atoms with Crippen molar-refractivity contribution in [1.82, 2.24) is 0 Å². The van der Waals surface area contributed by atoms with Crippen LogP contribution in [0.2, 0.25) is 0 Å². The SMILES string of the molecule is CCC1(CCCOC=C(C)C)CCS(=O)C1. The number of hydrogen-bond donors (Lipinski definition) is 0. The molecule has 0 aromatic carbocycles. The molecule has 0 amide bonds. The maximum absolute atomic E-state index is 11.5. The summed E-state index contributed by atoms with van der Waals surface area (Å²) in [6, 6.07) is 0. The van der Waals surface area contributed by atoms with E-state index in [1.807, 2.05) is 20.1 Å². The van der Waals surface area contributed by atoms with Gasteiger partial charge in [-0.1, -0.05) is 6.92 Å². The third-order valence-electron chi connectivity index (χ3n) is 3.37. The summed E-state index contributed by atoms with van der Waals surface area (Å²) in [5.74, 6) is 1.81. The molecule has 0 aliphatic carbocycles. The molecule has 0 bridgehead atoms. The molecule has 0 aromatic rings. The van der Waals surface area contributed by atoms with Gasteiger partial charge in [-0.05, 0) is 50.5 Å². The second kappa shape index (κ2) is 6.43. The second-order valence-corrected chi connectivity index (χ2v) is 6.64. The van der Waals surface area contributed by atoms with Gasteiger partial charge in [-0.25, -0.2) is 0 Å². The van der Waals surface area contributed by atoms with Gasteiger partial charge in [0, 0.05) is 22.3 Å². The van der Waals surface area contributed by atoms with Crippen LogP contribution in [0.1, 0.15) is 46.5 Å². The van der Waals surface area contributed by atoms with Gasteiger partial charge in [-0.15, -0.1) is 0 Å². The van der Waals surface area contributed by atoms with Gasteiger partial charge in [-0.3, -0.25) is 4.21 Å². The van der Waals surface area contributed by atoms with Crippen molar-refractivity contribution in [3.05, 3.63) is 11.8 Å². The van der Waals surface area contributed by atoms with E-state index in [1.165, 1.54) is 5.57 Å². The molecule has 16 heavy (non-hydrogen) atoms. The van der Waals surface area contributed by atoms with Crippen LogP contribution in [0.5, 0.6) is 0 Å². The molecule has 1 saturated heterocycles. The zero-order valence-electron chi connectivity index (χ0n) is 10.8. The summed E-state index contributed by atoms with van der Waals surface area (Å²) in [6.45, 7) is 7.08. The zero-order chi connectivity index (χ0) is 12.0. The van der Waals surface area contributed by atoms with Crippen LogP contribution in [0, 0.1) is 5.41 Å². The van der Waals surface area contributed by atoms with Crippen LogP contribution in [0.15, 0.2) is 11.8 Å². The molecule has 0 saturated carbocycles. The average Bonchev–Trinajstić information content (AvgIpc) is 2.60. The summed E-state index contributed by atoms with van der Waals surface area (Å²) in [6.07, 6.45) is 6.35. The predicted molar refractivity (Wildman–Crippen MR) is 69.8 cm³/mol. The van der Waals surface area contributed by atoms with Crippen LogP contribution in [0.4, 0.5) is 0 Å². The second-order valence-electron chi connectivity index (χ2n) is 5.06.